The average Bonchev–Trinajstić information content (AvgIpc) is 2.47. The number of hydrogen-bond donors (Lipinski definition) is 1. The predicted molar refractivity (Wildman–Crippen MR) is 72.0 cm³/mol. The van der Waals surface area contributed by atoms with E-state index in [0.717, 1.165) is 12.8 Å². The molecular weight excluding hydrogens is 260 g/mol. The molecule has 7 heteroatoms. The Hall–Kier alpha value is -2.62. The third kappa shape index (κ3) is 3.23. The topological polar surface area (TPSA) is 99.3 Å². The zero-order valence-electron chi connectivity index (χ0n) is 10.8. The molecule has 0 saturated carbocycles. The Morgan fingerprint density at radius 2 is 2.15 bits per heavy atom. The fourth-order valence-electron chi connectivity index (χ4n) is 2.14. The average molecular weight is 274 g/mol. The SMILES string of the molecule is N#CC1CCCN(C(=O)Nc2ccc([N+](=O)[O-])cc2)C1. The van der Waals surface area contributed by atoms with Crippen LogP contribution in [0.4, 0.5) is 16.2 Å². The second-order valence-corrected chi connectivity index (χ2v) is 4.65. The molecule has 0 spiro atoms. The van der Waals surface area contributed by atoms with Crippen molar-refractivity contribution in [3.8, 4) is 6.07 Å². The lowest BCUT2D eigenvalue weighted by Gasteiger charge is -2.29. The maximum atomic E-state index is 12.0. The third-order valence-electron chi connectivity index (χ3n) is 3.22. The lowest BCUT2D eigenvalue weighted by Crippen LogP contribution is -2.42. The first-order valence-electron chi connectivity index (χ1n) is 6.30. The van der Waals surface area contributed by atoms with Crippen LogP contribution in [0.1, 0.15) is 12.8 Å². The zero-order valence-corrected chi connectivity index (χ0v) is 10.8. The van der Waals surface area contributed by atoms with Gasteiger partial charge in [0.1, 0.15) is 0 Å². The third-order valence-corrected chi connectivity index (χ3v) is 3.22. The molecule has 1 aromatic rings. The predicted octanol–water partition coefficient (Wildman–Crippen LogP) is 2.36. The number of anilines is 1. The molecule has 7 nitrogen and oxygen atoms in total. The van der Waals surface area contributed by atoms with E-state index < -0.39 is 4.92 Å². The largest absolute Gasteiger partial charge is 0.323 e. The normalized spacial score (nSPS) is 18.1. The van der Waals surface area contributed by atoms with E-state index in [1.54, 1.807) is 4.90 Å². The molecule has 104 valence electrons. The molecule has 1 aromatic carbocycles. The summed E-state index contributed by atoms with van der Waals surface area (Å²) in [4.78, 5) is 23.7. The number of non-ortho nitro benzene ring substituents is 1. The van der Waals surface area contributed by atoms with Gasteiger partial charge in [0.25, 0.3) is 5.69 Å². The summed E-state index contributed by atoms with van der Waals surface area (Å²) in [5.74, 6) is -0.119. The molecule has 0 radical (unpaired) electrons. The van der Waals surface area contributed by atoms with Crippen LogP contribution in [0.5, 0.6) is 0 Å². The summed E-state index contributed by atoms with van der Waals surface area (Å²) in [5, 5.41) is 22.1. The highest BCUT2D eigenvalue weighted by Crippen LogP contribution is 2.18. The van der Waals surface area contributed by atoms with Gasteiger partial charge >= 0.3 is 6.03 Å². The number of carbonyl (C=O) groups excluding carboxylic acids is 1. The maximum absolute atomic E-state index is 12.0. The molecule has 20 heavy (non-hydrogen) atoms. The molecule has 1 aliphatic rings. The Kier molecular flexibility index (Phi) is 4.15. The van der Waals surface area contributed by atoms with Gasteiger partial charge in [-0.05, 0) is 25.0 Å². The summed E-state index contributed by atoms with van der Waals surface area (Å²) in [6.07, 6.45) is 1.63. The van der Waals surface area contributed by atoms with E-state index >= 15 is 0 Å². The zero-order chi connectivity index (χ0) is 14.5. The molecule has 0 bridgehead atoms. The number of amides is 2. The number of nitrogens with zero attached hydrogens (tertiary/aromatic N) is 3. The first-order valence-corrected chi connectivity index (χ1v) is 6.30. The van der Waals surface area contributed by atoms with Gasteiger partial charge in [0.15, 0.2) is 0 Å². The summed E-state index contributed by atoms with van der Waals surface area (Å²) in [5.41, 5.74) is 0.477. The molecule has 2 rings (SSSR count). The van der Waals surface area contributed by atoms with Gasteiger partial charge in [-0.2, -0.15) is 5.26 Å². The van der Waals surface area contributed by atoms with Crippen molar-refractivity contribution < 1.29 is 9.72 Å². The quantitative estimate of drug-likeness (QED) is 0.660. The summed E-state index contributed by atoms with van der Waals surface area (Å²) in [7, 11) is 0. The van der Waals surface area contributed by atoms with E-state index in [1.165, 1.54) is 24.3 Å². The molecule has 1 aliphatic heterocycles. The lowest BCUT2D eigenvalue weighted by atomic mass is 10.0. The molecule has 1 unspecified atom stereocenters. The summed E-state index contributed by atoms with van der Waals surface area (Å²) in [6.45, 7) is 1.05. The second-order valence-electron chi connectivity index (χ2n) is 4.65. The highest BCUT2D eigenvalue weighted by molar-refractivity contribution is 5.89. The van der Waals surface area contributed by atoms with Gasteiger partial charge in [-0.1, -0.05) is 0 Å². The van der Waals surface area contributed by atoms with Crippen molar-refractivity contribution in [3.63, 3.8) is 0 Å². The van der Waals surface area contributed by atoms with E-state index in [1.807, 2.05) is 0 Å². The molecule has 1 atom stereocenters. The molecule has 1 saturated heterocycles. The summed E-state index contributed by atoms with van der Waals surface area (Å²) in [6, 6.07) is 7.55. The molecular formula is C13H14N4O3. The molecule has 0 aromatic heterocycles. The van der Waals surface area contributed by atoms with Crippen molar-refractivity contribution in [2.75, 3.05) is 18.4 Å². The number of benzene rings is 1. The van der Waals surface area contributed by atoms with Crippen molar-refractivity contribution in [2.24, 2.45) is 5.92 Å². The highest BCUT2D eigenvalue weighted by atomic mass is 16.6. The minimum Gasteiger partial charge on any atom is -0.323 e. The number of urea groups is 1. The Balaban J connectivity index is 1.97. The van der Waals surface area contributed by atoms with E-state index in [4.69, 9.17) is 5.26 Å². The van der Waals surface area contributed by atoms with Crippen LogP contribution in [0.2, 0.25) is 0 Å². The van der Waals surface area contributed by atoms with Crippen LogP contribution >= 0.6 is 0 Å². The van der Waals surface area contributed by atoms with Gasteiger partial charge in [-0.3, -0.25) is 10.1 Å². The van der Waals surface area contributed by atoms with Crippen LogP contribution in [0.25, 0.3) is 0 Å². The monoisotopic (exact) mass is 274 g/mol. The van der Waals surface area contributed by atoms with Crippen molar-refractivity contribution in [3.05, 3.63) is 34.4 Å². The van der Waals surface area contributed by atoms with E-state index in [2.05, 4.69) is 11.4 Å². The fraction of sp³-hybridized carbons (Fsp3) is 0.385. The second kappa shape index (κ2) is 6.02. The standard InChI is InChI=1S/C13H14N4O3/c14-8-10-2-1-7-16(9-10)13(18)15-11-3-5-12(6-4-11)17(19)20/h3-6,10H,1-2,7,9H2,(H,15,18). The van der Waals surface area contributed by atoms with Gasteiger partial charge < -0.3 is 10.2 Å². The van der Waals surface area contributed by atoms with Crippen LogP contribution in [0.15, 0.2) is 24.3 Å². The number of nitro benzene ring substituents is 1. The van der Waals surface area contributed by atoms with Crippen molar-refractivity contribution in [1.29, 1.82) is 5.26 Å². The smallest absolute Gasteiger partial charge is 0.321 e. The van der Waals surface area contributed by atoms with E-state index in [0.29, 0.717) is 18.8 Å². The Labute approximate surface area is 115 Å². The first kappa shape index (κ1) is 13.8. The van der Waals surface area contributed by atoms with Crippen LogP contribution < -0.4 is 5.32 Å². The van der Waals surface area contributed by atoms with E-state index in [-0.39, 0.29) is 17.6 Å². The Bertz CT molecular complexity index is 550. The van der Waals surface area contributed by atoms with Crippen molar-refractivity contribution in [1.82, 2.24) is 4.90 Å². The van der Waals surface area contributed by atoms with Crippen molar-refractivity contribution >= 4 is 17.4 Å². The molecule has 1 N–H and O–H groups in total. The van der Waals surface area contributed by atoms with Crippen LogP contribution in [0.3, 0.4) is 0 Å². The minimum absolute atomic E-state index is 0.0227. The summed E-state index contributed by atoms with van der Waals surface area (Å²) >= 11 is 0. The lowest BCUT2D eigenvalue weighted by molar-refractivity contribution is -0.384. The van der Waals surface area contributed by atoms with Crippen molar-refractivity contribution in [2.45, 2.75) is 12.8 Å². The number of piperidine rings is 1. The van der Waals surface area contributed by atoms with Gasteiger partial charge in [-0.25, -0.2) is 4.79 Å². The number of carbonyl (C=O) groups is 1. The van der Waals surface area contributed by atoms with Gasteiger partial charge in [0, 0.05) is 30.9 Å². The molecule has 1 fully saturated rings. The minimum atomic E-state index is -0.492. The summed E-state index contributed by atoms with van der Waals surface area (Å²) < 4.78 is 0. The van der Waals surface area contributed by atoms with E-state index in [9.17, 15) is 14.9 Å². The Morgan fingerprint density at radius 1 is 1.45 bits per heavy atom. The van der Waals surface area contributed by atoms with Crippen LogP contribution in [-0.4, -0.2) is 28.9 Å². The molecule has 2 amide bonds. The Morgan fingerprint density at radius 3 is 2.75 bits per heavy atom. The number of hydrogen-bond acceptors (Lipinski definition) is 4. The number of likely N-dealkylation sites (tertiary alicyclic amines) is 1. The van der Waals surface area contributed by atoms with Gasteiger partial charge in [0.05, 0.1) is 16.9 Å². The van der Waals surface area contributed by atoms with Gasteiger partial charge in [0.2, 0.25) is 0 Å². The molecule has 0 aliphatic carbocycles. The number of nitro groups is 1. The van der Waals surface area contributed by atoms with Gasteiger partial charge in [-0.15, -0.1) is 0 Å². The maximum Gasteiger partial charge on any atom is 0.321 e. The first-order chi connectivity index (χ1) is 9.60. The number of nitriles is 1. The molecule has 1 heterocycles. The fourth-order valence-corrected chi connectivity index (χ4v) is 2.14. The number of nitrogens with one attached hydrogen (secondary N) is 1. The number of rotatable bonds is 2. The highest BCUT2D eigenvalue weighted by Gasteiger charge is 2.23. The van der Waals surface area contributed by atoms with Crippen LogP contribution in [0, 0.1) is 27.4 Å². The van der Waals surface area contributed by atoms with Crippen LogP contribution in [-0.2, 0) is 0 Å².